The number of rotatable bonds is 4. The summed E-state index contributed by atoms with van der Waals surface area (Å²) in [5, 5.41) is 20.2. The van der Waals surface area contributed by atoms with Crippen molar-refractivity contribution in [3.05, 3.63) is 30.1 Å². The molecule has 0 amide bonds. The predicted molar refractivity (Wildman–Crippen MR) is 108 cm³/mol. The van der Waals surface area contributed by atoms with Gasteiger partial charge in [0.2, 0.25) is 0 Å². The lowest BCUT2D eigenvalue weighted by atomic mass is 9.64. The molecule has 0 saturated heterocycles. The largest absolute Gasteiger partial charge is 0.481 e. The van der Waals surface area contributed by atoms with Crippen molar-refractivity contribution >= 4 is 22.8 Å². The highest BCUT2D eigenvalue weighted by atomic mass is 19.1. The SMILES string of the molecule is O=C(O)[C@@H]1CCCC2(CCCC2)[C@@H]1Nc1nc(-c2n[nH]c3ncc(F)cc23)ncc1F. The molecule has 2 aliphatic carbocycles. The molecule has 31 heavy (non-hydrogen) atoms. The van der Waals surface area contributed by atoms with Gasteiger partial charge in [0.15, 0.2) is 23.1 Å². The molecule has 1 spiro atoms. The summed E-state index contributed by atoms with van der Waals surface area (Å²) in [6, 6.07) is 0.837. The number of halogens is 2. The first-order valence-corrected chi connectivity index (χ1v) is 10.5. The highest BCUT2D eigenvalue weighted by Crippen LogP contribution is 2.51. The first-order chi connectivity index (χ1) is 15.0. The lowest BCUT2D eigenvalue weighted by Gasteiger charge is -2.45. The van der Waals surface area contributed by atoms with Crippen LogP contribution in [0.1, 0.15) is 44.9 Å². The average molecular weight is 428 g/mol. The van der Waals surface area contributed by atoms with Gasteiger partial charge >= 0.3 is 5.97 Å². The second-order valence-electron chi connectivity index (χ2n) is 8.54. The number of H-pyrrole nitrogens is 1. The van der Waals surface area contributed by atoms with Gasteiger partial charge in [0.05, 0.1) is 23.7 Å². The zero-order chi connectivity index (χ0) is 21.6. The predicted octanol–water partition coefficient (Wildman–Crippen LogP) is 3.92. The molecule has 2 saturated carbocycles. The van der Waals surface area contributed by atoms with Crippen molar-refractivity contribution in [1.29, 1.82) is 0 Å². The van der Waals surface area contributed by atoms with Crippen LogP contribution in [0.25, 0.3) is 22.6 Å². The van der Waals surface area contributed by atoms with E-state index in [1.165, 1.54) is 6.07 Å². The van der Waals surface area contributed by atoms with Gasteiger partial charge in [-0.3, -0.25) is 9.89 Å². The highest BCUT2D eigenvalue weighted by molar-refractivity contribution is 5.88. The van der Waals surface area contributed by atoms with Crippen molar-refractivity contribution < 1.29 is 18.7 Å². The Labute approximate surface area is 176 Å². The zero-order valence-corrected chi connectivity index (χ0v) is 16.7. The summed E-state index contributed by atoms with van der Waals surface area (Å²) in [6.07, 6.45) is 8.33. The van der Waals surface area contributed by atoms with Gasteiger partial charge < -0.3 is 10.4 Å². The number of pyridine rings is 1. The van der Waals surface area contributed by atoms with E-state index in [0.717, 1.165) is 50.9 Å². The summed E-state index contributed by atoms with van der Waals surface area (Å²) in [5.74, 6) is -2.66. The van der Waals surface area contributed by atoms with Crippen LogP contribution in [-0.2, 0) is 4.79 Å². The van der Waals surface area contributed by atoms with Gasteiger partial charge in [-0.05, 0) is 37.2 Å². The van der Waals surface area contributed by atoms with E-state index in [9.17, 15) is 18.7 Å². The van der Waals surface area contributed by atoms with Crippen molar-refractivity contribution in [2.45, 2.75) is 51.0 Å². The third-order valence-electron chi connectivity index (χ3n) is 6.80. The van der Waals surface area contributed by atoms with Crippen LogP contribution in [0.4, 0.5) is 14.6 Å². The fourth-order valence-corrected chi connectivity index (χ4v) is 5.36. The third kappa shape index (κ3) is 3.39. The number of aliphatic carboxylic acids is 1. The molecule has 3 aromatic rings. The van der Waals surface area contributed by atoms with Gasteiger partial charge in [0, 0.05) is 6.04 Å². The number of carboxylic acid groups (broad SMARTS) is 1. The van der Waals surface area contributed by atoms with Gasteiger partial charge in [-0.15, -0.1) is 0 Å². The standard InChI is InChI=1S/C21H22F2N6O2/c22-11-8-13-15(28-29-17(13)24-9-11)19-25-10-14(23)18(27-19)26-16-12(20(30)31)4-3-7-21(16)5-1-2-6-21/h8-10,12,16H,1-7H2,(H,30,31)(H,24,28,29)(H,25,26,27)/t12-,16-/m1/s1. The van der Waals surface area contributed by atoms with Gasteiger partial charge in [-0.1, -0.05) is 19.3 Å². The van der Waals surface area contributed by atoms with Gasteiger partial charge in [-0.2, -0.15) is 5.10 Å². The number of anilines is 1. The first kappa shape index (κ1) is 19.8. The molecular weight excluding hydrogens is 406 g/mol. The van der Waals surface area contributed by atoms with Crippen molar-refractivity contribution in [1.82, 2.24) is 25.1 Å². The Morgan fingerprint density at radius 1 is 1.16 bits per heavy atom. The highest BCUT2D eigenvalue weighted by Gasteiger charge is 2.49. The van der Waals surface area contributed by atoms with Gasteiger partial charge in [0.1, 0.15) is 11.5 Å². The van der Waals surface area contributed by atoms with E-state index in [1.807, 2.05) is 0 Å². The molecule has 0 unspecified atom stereocenters. The van der Waals surface area contributed by atoms with E-state index >= 15 is 0 Å². The Morgan fingerprint density at radius 3 is 2.71 bits per heavy atom. The van der Waals surface area contributed by atoms with Crippen LogP contribution in [0.15, 0.2) is 18.5 Å². The van der Waals surface area contributed by atoms with Crippen molar-refractivity contribution in [2.75, 3.05) is 5.32 Å². The molecule has 2 fully saturated rings. The summed E-state index contributed by atoms with van der Waals surface area (Å²) >= 11 is 0. The molecule has 0 aliphatic heterocycles. The number of hydrogen-bond donors (Lipinski definition) is 3. The van der Waals surface area contributed by atoms with Crippen LogP contribution in [0.5, 0.6) is 0 Å². The van der Waals surface area contributed by atoms with Crippen LogP contribution in [-0.4, -0.2) is 42.3 Å². The number of fused-ring (bicyclic) bond motifs is 1. The topological polar surface area (TPSA) is 117 Å². The van der Waals surface area contributed by atoms with Crippen LogP contribution < -0.4 is 5.32 Å². The molecule has 2 atom stereocenters. The Bertz CT molecular complexity index is 1140. The summed E-state index contributed by atoms with van der Waals surface area (Å²) in [4.78, 5) is 24.3. The smallest absolute Gasteiger partial charge is 0.308 e. The molecule has 3 heterocycles. The molecule has 0 bridgehead atoms. The fraction of sp³-hybridized carbons (Fsp3) is 0.476. The maximum Gasteiger partial charge on any atom is 0.308 e. The average Bonchev–Trinajstić information content (AvgIpc) is 3.38. The van der Waals surface area contributed by atoms with Crippen LogP contribution in [0.3, 0.4) is 0 Å². The minimum atomic E-state index is -0.877. The molecule has 10 heteroatoms. The van der Waals surface area contributed by atoms with Crippen LogP contribution >= 0.6 is 0 Å². The summed E-state index contributed by atoms with van der Waals surface area (Å²) in [7, 11) is 0. The van der Waals surface area contributed by atoms with Crippen molar-refractivity contribution in [3.63, 3.8) is 0 Å². The lowest BCUT2D eigenvalue weighted by molar-refractivity contribution is -0.145. The van der Waals surface area contributed by atoms with Crippen molar-refractivity contribution in [2.24, 2.45) is 11.3 Å². The zero-order valence-electron chi connectivity index (χ0n) is 16.7. The second kappa shape index (κ2) is 7.51. The number of aromatic nitrogens is 5. The quantitative estimate of drug-likeness (QED) is 0.577. The van der Waals surface area contributed by atoms with E-state index in [0.29, 0.717) is 17.5 Å². The number of nitrogens with one attached hydrogen (secondary N) is 2. The first-order valence-electron chi connectivity index (χ1n) is 10.5. The number of carboxylic acids is 1. The molecule has 3 aromatic heterocycles. The molecule has 2 aliphatic rings. The molecule has 8 nitrogen and oxygen atoms in total. The Kier molecular flexibility index (Phi) is 4.79. The Hall–Kier alpha value is -3.17. The van der Waals surface area contributed by atoms with Crippen molar-refractivity contribution in [3.8, 4) is 11.5 Å². The number of aromatic amines is 1. The van der Waals surface area contributed by atoms with Crippen LogP contribution in [0.2, 0.25) is 0 Å². The number of carbonyl (C=O) groups is 1. The van der Waals surface area contributed by atoms with E-state index in [-0.39, 0.29) is 22.8 Å². The molecular formula is C21H22F2N6O2. The Balaban J connectivity index is 1.54. The summed E-state index contributed by atoms with van der Waals surface area (Å²) in [6.45, 7) is 0. The van der Waals surface area contributed by atoms with E-state index in [1.54, 1.807) is 0 Å². The lowest BCUT2D eigenvalue weighted by Crippen LogP contribution is -2.50. The summed E-state index contributed by atoms with van der Waals surface area (Å²) < 4.78 is 28.4. The number of hydrogen-bond acceptors (Lipinski definition) is 6. The monoisotopic (exact) mass is 428 g/mol. The van der Waals surface area contributed by atoms with E-state index in [2.05, 4.69) is 30.5 Å². The Morgan fingerprint density at radius 2 is 1.94 bits per heavy atom. The van der Waals surface area contributed by atoms with Gasteiger partial charge in [-0.25, -0.2) is 23.7 Å². The third-order valence-corrected chi connectivity index (χ3v) is 6.80. The minimum absolute atomic E-state index is 0.0602. The maximum atomic E-state index is 14.7. The molecule has 0 radical (unpaired) electrons. The normalized spacial score (nSPS) is 22.8. The molecule has 162 valence electrons. The maximum absolute atomic E-state index is 14.7. The molecule has 5 rings (SSSR count). The van der Waals surface area contributed by atoms with E-state index < -0.39 is 29.6 Å². The second-order valence-corrected chi connectivity index (χ2v) is 8.54. The van der Waals surface area contributed by atoms with E-state index in [4.69, 9.17) is 0 Å². The summed E-state index contributed by atoms with van der Waals surface area (Å²) in [5.41, 5.74) is 0.436. The van der Waals surface area contributed by atoms with Gasteiger partial charge in [0.25, 0.3) is 0 Å². The fourth-order valence-electron chi connectivity index (χ4n) is 5.36. The minimum Gasteiger partial charge on any atom is -0.481 e. The van der Waals surface area contributed by atoms with Crippen LogP contribution in [0, 0.1) is 23.0 Å². The number of nitrogens with zero attached hydrogens (tertiary/aromatic N) is 4. The molecule has 3 N–H and O–H groups in total. The molecule has 0 aromatic carbocycles.